The molecular weight excluding hydrogens is 393 g/mol. The quantitative estimate of drug-likeness (QED) is 0.394. The lowest BCUT2D eigenvalue weighted by Crippen LogP contribution is -2.46. The van der Waals surface area contributed by atoms with Crippen molar-refractivity contribution >= 4 is 29.9 Å². The average molecular weight is 425 g/mol. The molecular formula is C16H32IN3O2. The van der Waals surface area contributed by atoms with E-state index in [1.165, 1.54) is 12.8 Å². The molecule has 2 aliphatic heterocycles. The number of likely N-dealkylation sites (tertiary alicyclic amines) is 1. The van der Waals surface area contributed by atoms with Crippen molar-refractivity contribution in [1.29, 1.82) is 0 Å². The monoisotopic (exact) mass is 425 g/mol. The summed E-state index contributed by atoms with van der Waals surface area (Å²) < 4.78 is 11.8. The zero-order chi connectivity index (χ0) is 15.1. The number of aliphatic imine (C=N–C) groups is 1. The molecule has 130 valence electrons. The van der Waals surface area contributed by atoms with Crippen molar-refractivity contribution in [1.82, 2.24) is 9.80 Å². The second kappa shape index (κ2) is 10.6. The Kier molecular flexibility index (Phi) is 9.66. The van der Waals surface area contributed by atoms with Crippen LogP contribution in [0.25, 0.3) is 0 Å². The molecule has 1 atom stereocenters. The van der Waals surface area contributed by atoms with Crippen LogP contribution in [0.3, 0.4) is 0 Å². The molecule has 6 heteroatoms. The Morgan fingerprint density at radius 1 is 1.23 bits per heavy atom. The van der Waals surface area contributed by atoms with Gasteiger partial charge in [0, 0.05) is 40.3 Å². The summed E-state index contributed by atoms with van der Waals surface area (Å²) >= 11 is 0. The van der Waals surface area contributed by atoms with Gasteiger partial charge in [0.15, 0.2) is 5.96 Å². The van der Waals surface area contributed by atoms with Crippen LogP contribution in [0.4, 0.5) is 0 Å². The van der Waals surface area contributed by atoms with Gasteiger partial charge in [-0.1, -0.05) is 0 Å². The van der Waals surface area contributed by atoms with Crippen molar-refractivity contribution in [3.63, 3.8) is 0 Å². The smallest absolute Gasteiger partial charge is 0.196 e. The van der Waals surface area contributed by atoms with Crippen LogP contribution in [0, 0.1) is 0 Å². The first kappa shape index (κ1) is 20.0. The maximum atomic E-state index is 6.07. The SMILES string of the molecule is CCN=C(N(C)C)N1CCC(OCC2CCCCO2)CC1.I. The van der Waals surface area contributed by atoms with Crippen molar-refractivity contribution in [2.24, 2.45) is 4.99 Å². The highest BCUT2D eigenvalue weighted by Crippen LogP contribution is 2.18. The molecule has 2 rings (SSSR count). The lowest BCUT2D eigenvalue weighted by Gasteiger charge is -2.36. The van der Waals surface area contributed by atoms with Crippen LogP contribution in [0.5, 0.6) is 0 Å². The van der Waals surface area contributed by atoms with Gasteiger partial charge in [0.1, 0.15) is 0 Å². The molecule has 2 fully saturated rings. The number of rotatable bonds is 4. The molecule has 0 aromatic carbocycles. The number of hydrogen-bond acceptors (Lipinski definition) is 3. The molecule has 0 bridgehead atoms. The Hall–Kier alpha value is -0.0800. The molecule has 2 aliphatic rings. The Balaban J connectivity index is 0.00000242. The molecule has 0 radical (unpaired) electrons. The third-order valence-electron chi connectivity index (χ3n) is 4.22. The van der Waals surface area contributed by atoms with Gasteiger partial charge >= 0.3 is 0 Å². The van der Waals surface area contributed by atoms with Crippen LogP contribution in [0.2, 0.25) is 0 Å². The van der Waals surface area contributed by atoms with E-state index in [-0.39, 0.29) is 24.0 Å². The fourth-order valence-electron chi connectivity index (χ4n) is 3.07. The fraction of sp³-hybridized carbons (Fsp3) is 0.938. The first-order valence-corrected chi connectivity index (χ1v) is 8.40. The zero-order valence-corrected chi connectivity index (χ0v) is 16.6. The van der Waals surface area contributed by atoms with E-state index >= 15 is 0 Å². The van der Waals surface area contributed by atoms with Crippen LogP contribution in [0.15, 0.2) is 4.99 Å². The van der Waals surface area contributed by atoms with Gasteiger partial charge in [-0.2, -0.15) is 0 Å². The summed E-state index contributed by atoms with van der Waals surface area (Å²) in [5, 5.41) is 0. The summed E-state index contributed by atoms with van der Waals surface area (Å²) in [6.45, 7) is 6.67. The van der Waals surface area contributed by atoms with E-state index in [0.29, 0.717) is 12.2 Å². The standard InChI is InChI=1S/C16H31N3O2.HI/c1-4-17-16(18(2)3)19-10-8-14(9-11-19)21-13-15-7-5-6-12-20-15;/h14-15H,4-13H2,1-3H3;1H. The van der Waals surface area contributed by atoms with Crippen molar-refractivity contribution in [3.8, 4) is 0 Å². The van der Waals surface area contributed by atoms with Gasteiger partial charge in [-0.15, -0.1) is 24.0 Å². The molecule has 0 aromatic heterocycles. The van der Waals surface area contributed by atoms with E-state index in [9.17, 15) is 0 Å². The largest absolute Gasteiger partial charge is 0.376 e. The van der Waals surface area contributed by atoms with E-state index in [4.69, 9.17) is 9.47 Å². The molecule has 2 heterocycles. The maximum absolute atomic E-state index is 6.07. The second-order valence-electron chi connectivity index (χ2n) is 6.18. The van der Waals surface area contributed by atoms with Crippen LogP contribution >= 0.6 is 24.0 Å². The van der Waals surface area contributed by atoms with Gasteiger partial charge in [-0.05, 0) is 39.0 Å². The average Bonchev–Trinajstić information content (AvgIpc) is 2.52. The van der Waals surface area contributed by atoms with Gasteiger partial charge in [-0.25, -0.2) is 0 Å². The van der Waals surface area contributed by atoms with Gasteiger partial charge in [-0.3, -0.25) is 4.99 Å². The highest BCUT2D eigenvalue weighted by Gasteiger charge is 2.24. The van der Waals surface area contributed by atoms with E-state index < -0.39 is 0 Å². The maximum Gasteiger partial charge on any atom is 0.196 e. The van der Waals surface area contributed by atoms with Crippen LogP contribution in [0.1, 0.15) is 39.0 Å². The Bertz CT molecular complexity index is 325. The first-order chi connectivity index (χ1) is 10.2. The predicted molar refractivity (Wildman–Crippen MR) is 101 cm³/mol. The minimum atomic E-state index is 0. The second-order valence-corrected chi connectivity index (χ2v) is 6.18. The zero-order valence-electron chi connectivity index (χ0n) is 14.3. The summed E-state index contributed by atoms with van der Waals surface area (Å²) in [5.74, 6) is 1.10. The third-order valence-corrected chi connectivity index (χ3v) is 4.22. The number of hydrogen-bond donors (Lipinski definition) is 0. The highest BCUT2D eigenvalue weighted by molar-refractivity contribution is 14.0. The molecule has 0 amide bonds. The van der Waals surface area contributed by atoms with Crippen LogP contribution in [-0.4, -0.2) is 74.9 Å². The molecule has 0 spiro atoms. The van der Waals surface area contributed by atoms with Gasteiger partial charge in [0.2, 0.25) is 0 Å². The third kappa shape index (κ3) is 6.20. The number of guanidine groups is 1. The number of piperidine rings is 1. The summed E-state index contributed by atoms with van der Waals surface area (Å²) in [5.41, 5.74) is 0. The van der Waals surface area contributed by atoms with Crippen molar-refractivity contribution in [2.45, 2.75) is 51.2 Å². The van der Waals surface area contributed by atoms with E-state index in [1.807, 2.05) is 0 Å². The lowest BCUT2D eigenvalue weighted by atomic mass is 10.1. The molecule has 2 saturated heterocycles. The van der Waals surface area contributed by atoms with Crippen LogP contribution in [-0.2, 0) is 9.47 Å². The fourth-order valence-corrected chi connectivity index (χ4v) is 3.07. The Morgan fingerprint density at radius 3 is 2.50 bits per heavy atom. The molecule has 0 aliphatic carbocycles. The van der Waals surface area contributed by atoms with Gasteiger partial charge in [0.25, 0.3) is 0 Å². The predicted octanol–water partition coefficient (Wildman–Crippen LogP) is 2.59. The normalized spacial score (nSPS) is 24.0. The topological polar surface area (TPSA) is 37.3 Å². The summed E-state index contributed by atoms with van der Waals surface area (Å²) in [4.78, 5) is 9.09. The number of nitrogens with zero attached hydrogens (tertiary/aromatic N) is 3. The number of halogens is 1. The Morgan fingerprint density at radius 2 is 1.95 bits per heavy atom. The lowest BCUT2D eigenvalue weighted by molar-refractivity contribution is -0.0723. The number of ether oxygens (including phenoxy) is 2. The highest BCUT2D eigenvalue weighted by atomic mass is 127. The van der Waals surface area contributed by atoms with E-state index in [2.05, 4.69) is 35.8 Å². The molecule has 1 unspecified atom stereocenters. The molecule has 0 saturated carbocycles. The first-order valence-electron chi connectivity index (χ1n) is 8.40. The summed E-state index contributed by atoms with van der Waals surface area (Å²) in [7, 11) is 4.13. The Labute approximate surface area is 152 Å². The minimum Gasteiger partial charge on any atom is -0.376 e. The minimum absolute atomic E-state index is 0. The molecule has 0 N–H and O–H groups in total. The van der Waals surface area contributed by atoms with E-state index in [0.717, 1.165) is 58.1 Å². The molecule has 0 aromatic rings. The van der Waals surface area contributed by atoms with Crippen molar-refractivity contribution in [2.75, 3.05) is 46.9 Å². The van der Waals surface area contributed by atoms with Crippen LogP contribution < -0.4 is 0 Å². The van der Waals surface area contributed by atoms with E-state index in [1.54, 1.807) is 0 Å². The molecule has 22 heavy (non-hydrogen) atoms. The molecule has 5 nitrogen and oxygen atoms in total. The van der Waals surface area contributed by atoms with Gasteiger partial charge < -0.3 is 19.3 Å². The summed E-state index contributed by atoms with van der Waals surface area (Å²) in [6.07, 6.45) is 6.54. The van der Waals surface area contributed by atoms with Crippen molar-refractivity contribution in [3.05, 3.63) is 0 Å². The summed E-state index contributed by atoms with van der Waals surface area (Å²) in [6, 6.07) is 0. The van der Waals surface area contributed by atoms with Gasteiger partial charge in [0.05, 0.1) is 18.8 Å². The van der Waals surface area contributed by atoms with Crippen molar-refractivity contribution < 1.29 is 9.47 Å².